The first-order valence-electron chi connectivity index (χ1n) is 9.54. The highest BCUT2D eigenvalue weighted by Crippen LogP contribution is 2.44. The van der Waals surface area contributed by atoms with Crippen LogP contribution >= 0.6 is 0 Å². The van der Waals surface area contributed by atoms with Crippen LogP contribution in [-0.4, -0.2) is 42.8 Å². The number of hydrogen-bond acceptors (Lipinski definition) is 3. The second-order valence-corrected chi connectivity index (χ2v) is 7.32. The van der Waals surface area contributed by atoms with Gasteiger partial charge in [0.2, 0.25) is 0 Å². The molecular formula is C22H26N2O2. The van der Waals surface area contributed by atoms with Crippen molar-refractivity contribution < 1.29 is 9.53 Å². The van der Waals surface area contributed by atoms with Crippen molar-refractivity contribution in [3.63, 3.8) is 0 Å². The molecule has 0 unspecified atom stereocenters. The molecule has 136 valence electrons. The maximum absolute atomic E-state index is 12.7. The molecule has 1 amide bonds. The Balaban J connectivity index is 1.50. The highest BCUT2D eigenvalue weighted by atomic mass is 16.6. The Labute approximate surface area is 155 Å². The Morgan fingerprint density at radius 1 is 1.12 bits per heavy atom. The SMILES string of the molecule is CC[C@H]1CN(C(=O)OCC2c3ccccc3-c3ccccc32)[C@H](C)CN1. The van der Waals surface area contributed by atoms with E-state index in [0.717, 1.165) is 13.0 Å². The number of nitrogens with one attached hydrogen (secondary N) is 1. The number of rotatable bonds is 3. The number of ether oxygens (including phenoxy) is 1. The molecule has 4 heteroatoms. The van der Waals surface area contributed by atoms with Crippen molar-refractivity contribution in [2.75, 3.05) is 19.7 Å². The molecule has 1 heterocycles. The van der Waals surface area contributed by atoms with E-state index in [1.54, 1.807) is 0 Å². The quantitative estimate of drug-likeness (QED) is 0.909. The molecule has 4 nitrogen and oxygen atoms in total. The minimum atomic E-state index is -0.195. The summed E-state index contributed by atoms with van der Waals surface area (Å²) in [5.74, 6) is 0.117. The van der Waals surface area contributed by atoms with Crippen molar-refractivity contribution in [2.45, 2.75) is 38.3 Å². The average Bonchev–Trinajstić information content (AvgIpc) is 3.00. The summed E-state index contributed by atoms with van der Waals surface area (Å²) in [6, 6.07) is 17.4. The molecule has 26 heavy (non-hydrogen) atoms. The van der Waals surface area contributed by atoms with Crippen LogP contribution in [0.2, 0.25) is 0 Å². The van der Waals surface area contributed by atoms with Crippen molar-refractivity contribution >= 4 is 6.09 Å². The van der Waals surface area contributed by atoms with Gasteiger partial charge in [-0.25, -0.2) is 4.79 Å². The van der Waals surface area contributed by atoms with E-state index in [-0.39, 0.29) is 18.1 Å². The van der Waals surface area contributed by atoms with Gasteiger partial charge in [0.15, 0.2) is 0 Å². The summed E-state index contributed by atoms with van der Waals surface area (Å²) in [6.45, 7) is 6.14. The van der Waals surface area contributed by atoms with Crippen LogP contribution < -0.4 is 5.32 Å². The van der Waals surface area contributed by atoms with E-state index in [1.807, 2.05) is 4.90 Å². The van der Waals surface area contributed by atoms with E-state index in [2.05, 4.69) is 67.7 Å². The topological polar surface area (TPSA) is 41.6 Å². The molecule has 2 aliphatic rings. The van der Waals surface area contributed by atoms with Gasteiger partial charge in [-0.1, -0.05) is 55.5 Å². The molecule has 4 rings (SSSR count). The Kier molecular flexibility index (Phi) is 4.68. The van der Waals surface area contributed by atoms with Crippen molar-refractivity contribution in [1.82, 2.24) is 10.2 Å². The lowest BCUT2D eigenvalue weighted by molar-refractivity contribution is 0.0697. The summed E-state index contributed by atoms with van der Waals surface area (Å²) in [6.07, 6.45) is 0.819. The summed E-state index contributed by atoms with van der Waals surface area (Å²) < 4.78 is 5.80. The number of nitrogens with zero attached hydrogens (tertiary/aromatic N) is 1. The maximum Gasteiger partial charge on any atom is 0.410 e. The van der Waals surface area contributed by atoms with Crippen LogP contribution in [0.1, 0.15) is 37.3 Å². The lowest BCUT2D eigenvalue weighted by Crippen LogP contribution is -2.57. The summed E-state index contributed by atoms with van der Waals surface area (Å²) in [7, 11) is 0. The van der Waals surface area contributed by atoms with E-state index in [1.165, 1.54) is 22.3 Å². The molecule has 1 saturated heterocycles. The van der Waals surface area contributed by atoms with Crippen LogP contribution in [0, 0.1) is 0 Å². The molecule has 1 aliphatic heterocycles. The van der Waals surface area contributed by atoms with Gasteiger partial charge in [-0.15, -0.1) is 0 Å². The average molecular weight is 350 g/mol. The van der Waals surface area contributed by atoms with Crippen molar-refractivity contribution in [1.29, 1.82) is 0 Å². The lowest BCUT2D eigenvalue weighted by Gasteiger charge is -2.37. The molecule has 1 N–H and O–H groups in total. The largest absolute Gasteiger partial charge is 0.448 e. The number of piperazine rings is 1. The van der Waals surface area contributed by atoms with Crippen molar-refractivity contribution in [3.05, 3.63) is 59.7 Å². The van der Waals surface area contributed by atoms with E-state index in [9.17, 15) is 4.79 Å². The van der Waals surface area contributed by atoms with Gasteiger partial charge in [0.25, 0.3) is 0 Å². The molecule has 2 aromatic carbocycles. The smallest absolute Gasteiger partial charge is 0.410 e. The van der Waals surface area contributed by atoms with E-state index in [4.69, 9.17) is 4.74 Å². The van der Waals surface area contributed by atoms with Gasteiger partial charge < -0.3 is 15.0 Å². The van der Waals surface area contributed by atoms with Gasteiger partial charge in [0.05, 0.1) is 0 Å². The molecule has 2 atom stereocenters. The van der Waals surface area contributed by atoms with Gasteiger partial charge in [-0.2, -0.15) is 0 Å². The first-order chi connectivity index (χ1) is 12.7. The van der Waals surface area contributed by atoms with E-state index < -0.39 is 0 Å². The summed E-state index contributed by atoms with van der Waals surface area (Å²) in [5, 5.41) is 3.48. The fourth-order valence-electron chi connectivity index (χ4n) is 4.13. The molecule has 2 aromatic rings. The van der Waals surface area contributed by atoms with E-state index >= 15 is 0 Å². The monoisotopic (exact) mass is 350 g/mol. The molecular weight excluding hydrogens is 324 g/mol. The number of benzene rings is 2. The first kappa shape index (κ1) is 17.1. The fourth-order valence-corrected chi connectivity index (χ4v) is 4.13. The standard InChI is InChI=1S/C22H26N2O2/c1-3-16-13-24(15(2)12-23-16)22(25)26-14-21-19-10-6-4-8-17(19)18-9-5-7-11-20(18)21/h4-11,15-16,21,23H,3,12-14H2,1-2H3/t15-,16+/m1/s1. The third-order valence-electron chi connectivity index (χ3n) is 5.71. The second kappa shape index (κ2) is 7.12. The van der Waals surface area contributed by atoms with Crippen molar-refractivity contribution in [2.24, 2.45) is 0 Å². The maximum atomic E-state index is 12.7. The predicted octanol–water partition coefficient (Wildman–Crippen LogP) is 4.01. The van der Waals surface area contributed by atoms with Gasteiger partial charge in [0, 0.05) is 31.1 Å². The summed E-state index contributed by atoms with van der Waals surface area (Å²) in [4.78, 5) is 14.6. The van der Waals surface area contributed by atoms with Crippen LogP contribution in [0.25, 0.3) is 11.1 Å². The lowest BCUT2D eigenvalue weighted by atomic mass is 9.98. The first-order valence-corrected chi connectivity index (χ1v) is 9.54. The molecule has 0 radical (unpaired) electrons. The number of carbonyl (C=O) groups is 1. The third kappa shape index (κ3) is 2.99. The highest BCUT2D eigenvalue weighted by molar-refractivity contribution is 5.79. The number of carbonyl (C=O) groups excluding carboxylic acids is 1. The second-order valence-electron chi connectivity index (χ2n) is 7.32. The van der Waals surface area contributed by atoms with Crippen LogP contribution in [0.15, 0.2) is 48.5 Å². The summed E-state index contributed by atoms with van der Waals surface area (Å²) in [5.41, 5.74) is 5.01. The minimum absolute atomic E-state index is 0.117. The molecule has 1 fully saturated rings. The van der Waals surface area contributed by atoms with Crippen LogP contribution in [-0.2, 0) is 4.74 Å². The molecule has 0 spiro atoms. The van der Waals surface area contributed by atoms with Gasteiger partial charge in [0.1, 0.15) is 6.61 Å². The van der Waals surface area contributed by atoms with E-state index in [0.29, 0.717) is 19.2 Å². The molecule has 0 aromatic heterocycles. The van der Waals surface area contributed by atoms with Gasteiger partial charge in [-0.3, -0.25) is 0 Å². The molecule has 0 saturated carbocycles. The molecule has 0 bridgehead atoms. The van der Waals surface area contributed by atoms with Crippen LogP contribution in [0.5, 0.6) is 0 Å². The summed E-state index contributed by atoms with van der Waals surface area (Å²) >= 11 is 0. The number of amides is 1. The van der Waals surface area contributed by atoms with Crippen molar-refractivity contribution in [3.8, 4) is 11.1 Å². The van der Waals surface area contributed by atoms with Crippen LogP contribution in [0.3, 0.4) is 0 Å². The Morgan fingerprint density at radius 3 is 2.35 bits per heavy atom. The minimum Gasteiger partial charge on any atom is -0.448 e. The number of hydrogen-bond donors (Lipinski definition) is 1. The number of fused-ring (bicyclic) bond motifs is 3. The highest BCUT2D eigenvalue weighted by Gasteiger charge is 2.32. The normalized spacial score (nSPS) is 22.0. The zero-order chi connectivity index (χ0) is 18.1. The fraction of sp³-hybridized carbons (Fsp3) is 0.409. The zero-order valence-corrected chi connectivity index (χ0v) is 15.4. The van der Waals surface area contributed by atoms with Crippen LogP contribution in [0.4, 0.5) is 4.79 Å². The Hall–Kier alpha value is -2.33. The zero-order valence-electron chi connectivity index (χ0n) is 15.4. The van der Waals surface area contributed by atoms with Gasteiger partial charge in [-0.05, 0) is 35.6 Å². The Bertz CT molecular complexity index is 759. The molecule has 1 aliphatic carbocycles. The predicted molar refractivity (Wildman–Crippen MR) is 103 cm³/mol. The Morgan fingerprint density at radius 2 is 1.73 bits per heavy atom. The third-order valence-corrected chi connectivity index (χ3v) is 5.71. The van der Waals surface area contributed by atoms with Gasteiger partial charge >= 0.3 is 6.09 Å².